The van der Waals surface area contributed by atoms with Gasteiger partial charge in [-0.15, -0.1) is 0 Å². The van der Waals surface area contributed by atoms with Crippen molar-refractivity contribution in [3.05, 3.63) is 58.5 Å². The molecule has 1 aromatic heterocycles. The van der Waals surface area contributed by atoms with Crippen LogP contribution in [0.5, 0.6) is 5.75 Å². The number of ether oxygens (including phenoxy) is 1. The van der Waals surface area contributed by atoms with Crippen LogP contribution in [0.4, 0.5) is 5.69 Å². The van der Waals surface area contributed by atoms with Crippen molar-refractivity contribution in [1.82, 2.24) is 4.57 Å². The number of rotatable bonds is 3. The highest BCUT2D eigenvalue weighted by molar-refractivity contribution is 6.02. The first-order valence-corrected chi connectivity index (χ1v) is 7.24. The van der Waals surface area contributed by atoms with Gasteiger partial charge in [-0.2, -0.15) is 0 Å². The summed E-state index contributed by atoms with van der Waals surface area (Å²) in [5.41, 5.74) is 0.750. The summed E-state index contributed by atoms with van der Waals surface area (Å²) in [7, 11) is 1.65. The average molecular weight is 312 g/mol. The lowest BCUT2D eigenvalue weighted by atomic mass is 10.1. The minimum atomic E-state index is -0.544. The van der Waals surface area contributed by atoms with E-state index in [2.05, 4.69) is 0 Å². The Morgan fingerprint density at radius 3 is 2.74 bits per heavy atom. The molecule has 0 saturated heterocycles. The van der Waals surface area contributed by atoms with Gasteiger partial charge in [0.2, 0.25) is 0 Å². The lowest BCUT2D eigenvalue weighted by Crippen LogP contribution is -2.42. The summed E-state index contributed by atoms with van der Waals surface area (Å²) in [6.07, 6.45) is 1.02. The van der Waals surface area contributed by atoms with Crippen molar-refractivity contribution in [3.63, 3.8) is 0 Å². The summed E-state index contributed by atoms with van der Waals surface area (Å²) in [5.74, 6) is 0.190. The summed E-state index contributed by atoms with van der Waals surface area (Å²) in [5, 5.41) is 0. The highest BCUT2D eigenvalue weighted by atomic mass is 16.5. The number of benzene rings is 1. The molecule has 6 heteroatoms. The molecule has 1 aromatic carbocycles. The Morgan fingerprint density at radius 1 is 1.22 bits per heavy atom. The first-order chi connectivity index (χ1) is 11.0. The van der Waals surface area contributed by atoms with Crippen LogP contribution in [0.2, 0.25) is 0 Å². The van der Waals surface area contributed by atoms with Crippen LogP contribution >= 0.6 is 0 Å². The number of nitrogens with zero attached hydrogens (tertiary/aromatic N) is 2. The molecule has 3 rings (SSSR count). The normalized spacial score (nSPS) is 16.7. The molecule has 0 fully saturated rings. The molecule has 6 nitrogen and oxygen atoms in total. The maximum absolute atomic E-state index is 12.4. The average Bonchev–Trinajstić information content (AvgIpc) is 2.54. The lowest BCUT2D eigenvalue weighted by Gasteiger charge is -2.30. The molecule has 0 saturated carbocycles. The van der Waals surface area contributed by atoms with Gasteiger partial charge < -0.3 is 14.2 Å². The van der Waals surface area contributed by atoms with E-state index in [0.717, 1.165) is 0 Å². The van der Waals surface area contributed by atoms with E-state index in [9.17, 15) is 14.4 Å². The summed E-state index contributed by atoms with van der Waals surface area (Å²) < 4.78 is 6.87. The number of pyridine rings is 1. The molecule has 1 unspecified atom stereocenters. The minimum Gasteiger partial charge on any atom is -0.479 e. The number of hydrogen-bond acceptors (Lipinski definition) is 4. The number of ketones is 1. The molecule has 118 valence electrons. The van der Waals surface area contributed by atoms with Gasteiger partial charge in [0.25, 0.3) is 11.5 Å². The second-order valence-corrected chi connectivity index (χ2v) is 5.43. The highest BCUT2D eigenvalue weighted by Gasteiger charge is 2.29. The largest absolute Gasteiger partial charge is 0.479 e. The fourth-order valence-corrected chi connectivity index (χ4v) is 2.52. The van der Waals surface area contributed by atoms with Crippen molar-refractivity contribution < 1.29 is 14.3 Å². The number of hydrogen-bond donors (Lipinski definition) is 0. The molecule has 1 aliphatic heterocycles. The van der Waals surface area contributed by atoms with Crippen molar-refractivity contribution in [3.8, 4) is 5.75 Å². The molecule has 1 amide bonds. The molecule has 0 spiro atoms. The second-order valence-electron chi connectivity index (χ2n) is 5.43. The van der Waals surface area contributed by atoms with Gasteiger partial charge in [-0.1, -0.05) is 6.07 Å². The van der Waals surface area contributed by atoms with Crippen molar-refractivity contribution in [2.45, 2.75) is 19.6 Å². The predicted octanol–water partition coefficient (Wildman–Crippen LogP) is 1.47. The van der Waals surface area contributed by atoms with E-state index >= 15 is 0 Å². The number of amides is 1. The van der Waals surface area contributed by atoms with Gasteiger partial charge in [0, 0.05) is 24.9 Å². The molecular formula is C17H16N2O4. The SMILES string of the molecule is CC1Oc2ccc(C(=O)Cn3ccccc3=O)cc2N(C)C1=O. The summed E-state index contributed by atoms with van der Waals surface area (Å²) in [6, 6.07) is 9.67. The van der Waals surface area contributed by atoms with E-state index in [4.69, 9.17) is 4.74 Å². The van der Waals surface area contributed by atoms with E-state index < -0.39 is 6.10 Å². The van der Waals surface area contributed by atoms with Crippen LogP contribution in [-0.4, -0.2) is 29.4 Å². The maximum Gasteiger partial charge on any atom is 0.267 e. The van der Waals surface area contributed by atoms with E-state index in [-0.39, 0.29) is 23.8 Å². The van der Waals surface area contributed by atoms with Gasteiger partial charge >= 0.3 is 0 Å². The first kappa shape index (κ1) is 15.0. The minimum absolute atomic E-state index is 0.0482. The molecule has 0 aliphatic carbocycles. The lowest BCUT2D eigenvalue weighted by molar-refractivity contribution is -0.125. The maximum atomic E-state index is 12.4. The summed E-state index contributed by atoms with van der Waals surface area (Å²) in [4.78, 5) is 37.5. The number of fused-ring (bicyclic) bond motifs is 1. The van der Waals surface area contributed by atoms with E-state index in [0.29, 0.717) is 17.0 Å². The van der Waals surface area contributed by atoms with Gasteiger partial charge in [-0.3, -0.25) is 14.4 Å². The van der Waals surface area contributed by atoms with Gasteiger partial charge in [-0.25, -0.2) is 0 Å². The monoisotopic (exact) mass is 312 g/mol. The zero-order chi connectivity index (χ0) is 16.6. The second kappa shape index (κ2) is 5.72. The summed E-state index contributed by atoms with van der Waals surface area (Å²) >= 11 is 0. The Labute approximate surface area is 132 Å². The smallest absolute Gasteiger partial charge is 0.267 e. The molecule has 0 bridgehead atoms. The number of carbonyl (C=O) groups excluding carboxylic acids is 2. The highest BCUT2D eigenvalue weighted by Crippen LogP contribution is 2.34. The number of carbonyl (C=O) groups is 2. The molecular weight excluding hydrogens is 296 g/mol. The third-order valence-electron chi connectivity index (χ3n) is 3.84. The Balaban J connectivity index is 1.90. The van der Waals surface area contributed by atoms with Gasteiger partial charge in [0.1, 0.15) is 5.75 Å². The Morgan fingerprint density at radius 2 is 2.00 bits per heavy atom. The number of aromatic nitrogens is 1. The fraction of sp³-hybridized carbons (Fsp3) is 0.235. The quantitative estimate of drug-likeness (QED) is 0.805. The fourth-order valence-electron chi connectivity index (χ4n) is 2.52. The standard InChI is InChI=1S/C17H16N2O4/c1-11-17(22)18(2)13-9-12(6-7-15(13)23-11)14(20)10-19-8-4-3-5-16(19)21/h3-9,11H,10H2,1-2H3. The predicted molar refractivity (Wildman–Crippen MR) is 85.0 cm³/mol. The van der Waals surface area contributed by atoms with Gasteiger partial charge in [0.05, 0.1) is 12.2 Å². The van der Waals surface area contributed by atoms with Crippen LogP contribution in [0.25, 0.3) is 0 Å². The van der Waals surface area contributed by atoms with Crippen LogP contribution in [-0.2, 0) is 11.3 Å². The first-order valence-electron chi connectivity index (χ1n) is 7.24. The van der Waals surface area contributed by atoms with Crippen molar-refractivity contribution >= 4 is 17.4 Å². The van der Waals surface area contributed by atoms with E-state index in [1.165, 1.54) is 15.5 Å². The Kier molecular flexibility index (Phi) is 3.73. The molecule has 1 atom stereocenters. The van der Waals surface area contributed by atoms with Crippen LogP contribution in [0, 0.1) is 0 Å². The topological polar surface area (TPSA) is 68.6 Å². The van der Waals surface area contributed by atoms with Crippen LogP contribution in [0.15, 0.2) is 47.4 Å². The van der Waals surface area contributed by atoms with Gasteiger partial charge in [0.15, 0.2) is 11.9 Å². The Hall–Kier alpha value is -2.89. The zero-order valence-electron chi connectivity index (χ0n) is 12.9. The molecule has 1 aliphatic rings. The molecule has 0 radical (unpaired) electrons. The Bertz CT molecular complexity index is 840. The van der Waals surface area contributed by atoms with Crippen LogP contribution < -0.4 is 15.2 Å². The van der Waals surface area contributed by atoms with Crippen molar-refractivity contribution in [2.24, 2.45) is 0 Å². The molecule has 2 aromatic rings. The molecule has 2 heterocycles. The van der Waals surface area contributed by atoms with Crippen molar-refractivity contribution in [2.75, 3.05) is 11.9 Å². The van der Waals surface area contributed by atoms with Gasteiger partial charge in [-0.05, 0) is 31.2 Å². The van der Waals surface area contributed by atoms with Crippen molar-refractivity contribution in [1.29, 1.82) is 0 Å². The molecule has 0 N–H and O–H groups in total. The van der Waals surface area contributed by atoms with E-state index in [1.54, 1.807) is 50.5 Å². The number of Topliss-reactive ketones (excluding diaryl/α,β-unsaturated/α-hetero) is 1. The number of anilines is 1. The van der Waals surface area contributed by atoms with Crippen LogP contribution in [0.1, 0.15) is 17.3 Å². The van der Waals surface area contributed by atoms with E-state index in [1.807, 2.05) is 0 Å². The third-order valence-corrected chi connectivity index (χ3v) is 3.84. The zero-order valence-corrected chi connectivity index (χ0v) is 12.9. The van der Waals surface area contributed by atoms with Crippen LogP contribution in [0.3, 0.4) is 0 Å². The molecule has 23 heavy (non-hydrogen) atoms. The third kappa shape index (κ3) is 2.75. The number of likely N-dealkylation sites (N-methyl/N-ethyl adjacent to an activating group) is 1. The summed E-state index contributed by atoms with van der Waals surface area (Å²) in [6.45, 7) is 1.63.